The first-order chi connectivity index (χ1) is 11.3. The maximum atomic E-state index is 12.4. The molecule has 2 rings (SSSR count). The molecule has 0 aromatic carbocycles. The summed E-state index contributed by atoms with van der Waals surface area (Å²) in [6.07, 6.45) is 5.61. The lowest BCUT2D eigenvalue weighted by Gasteiger charge is -2.28. The first kappa shape index (κ1) is 17.9. The number of nitrogens with one attached hydrogen (secondary N) is 1. The van der Waals surface area contributed by atoms with Crippen LogP contribution in [0.1, 0.15) is 49.0 Å². The van der Waals surface area contributed by atoms with Crippen molar-refractivity contribution in [2.24, 2.45) is 0 Å². The molecule has 9 nitrogen and oxygen atoms in total. The van der Waals surface area contributed by atoms with Gasteiger partial charge in [-0.1, -0.05) is 30.9 Å². The van der Waals surface area contributed by atoms with Gasteiger partial charge in [-0.15, -0.1) is 5.10 Å². The van der Waals surface area contributed by atoms with Gasteiger partial charge in [0.2, 0.25) is 5.91 Å². The minimum absolute atomic E-state index is 0.00595. The highest BCUT2D eigenvalue weighted by atomic mass is 16.4. The van der Waals surface area contributed by atoms with Gasteiger partial charge in [0.25, 0.3) is 5.91 Å². The standard InChI is InChI=1S/C15H23N5O4/c1-19(2)12(21)10-20-9-11(17-18-20)13(22)16-15(14(23)24)7-5-3-4-6-8-15/h9H,3-8,10H2,1-2H3,(H,16,22)(H,23,24). The number of rotatable bonds is 5. The number of carboxylic acids is 1. The number of carbonyl (C=O) groups excluding carboxylic acids is 2. The zero-order valence-electron chi connectivity index (χ0n) is 14.0. The van der Waals surface area contributed by atoms with Gasteiger partial charge in [0.05, 0.1) is 6.20 Å². The third kappa shape index (κ3) is 4.09. The summed E-state index contributed by atoms with van der Waals surface area (Å²) in [5.74, 6) is -1.78. The summed E-state index contributed by atoms with van der Waals surface area (Å²) in [7, 11) is 3.24. The Morgan fingerprint density at radius 1 is 1.25 bits per heavy atom. The molecule has 1 fully saturated rings. The molecule has 132 valence electrons. The van der Waals surface area contributed by atoms with Gasteiger partial charge in [-0.05, 0) is 12.8 Å². The Bertz CT molecular complexity index is 617. The smallest absolute Gasteiger partial charge is 0.329 e. The molecule has 0 unspecified atom stereocenters. The van der Waals surface area contributed by atoms with Crippen LogP contribution in [0, 0.1) is 0 Å². The minimum atomic E-state index is -1.25. The Hall–Kier alpha value is -2.45. The largest absolute Gasteiger partial charge is 0.480 e. The number of aliphatic carboxylic acids is 1. The van der Waals surface area contributed by atoms with Gasteiger partial charge in [-0.2, -0.15) is 0 Å². The molecule has 1 saturated carbocycles. The van der Waals surface area contributed by atoms with Crippen LogP contribution in [0.2, 0.25) is 0 Å². The van der Waals surface area contributed by atoms with E-state index in [-0.39, 0.29) is 18.1 Å². The molecule has 24 heavy (non-hydrogen) atoms. The molecular weight excluding hydrogens is 314 g/mol. The van der Waals surface area contributed by atoms with E-state index in [2.05, 4.69) is 15.6 Å². The van der Waals surface area contributed by atoms with Gasteiger partial charge in [-0.25, -0.2) is 9.48 Å². The lowest BCUT2D eigenvalue weighted by atomic mass is 9.90. The zero-order chi connectivity index (χ0) is 17.7. The Labute approximate surface area is 140 Å². The summed E-state index contributed by atoms with van der Waals surface area (Å²) in [5.41, 5.74) is -1.25. The van der Waals surface area contributed by atoms with Gasteiger partial charge in [-0.3, -0.25) is 9.59 Å². The van der Waals surface area contributed by atoms with Crippen LogP contribution in [0.5, 0.6) is 0 Å². The third-order valence-electron chi connectivity index (χ3n) is 4.29. The number of likely N-dealkylation sites (N-methyl/N-ethyl adjacent to an activating group) is 1. The Morgan fingerprint density at radius 3 is 2.42 bits per heavy atom. The van der Waals surface area contributed by atoms with Crippen molar-refractivity contribution in [1.29, 1.82) is 0 Å². The SMILES string of the molecule is CN(C)C(=O)Cn1cc(C(=O)NC2(C(=O)O)CCCCCC2)nn1. The summed E-state index contributed by atoms with van der Waals surface area (Å²) < 4.78 is 1.26. The number of nitrogens with zero attached hydrogens (tertiary/aromatic N) is 4. The Balaban J connectivity index is 2.09. The van der Waals surface area contributed by atoms with Crippen molar-refractivity contribution in [2.75, 3.05) is 14.1 Å². The van der Waals surface area contributed by atoms with E-state index < -0.39 is 17.4 Å². The highest BCUT2D eigenvalue weighted by molar-refractivity contribution is 5.96. The molecule has 1 aromatic rings. The maximum absolute atomic E-state index is 12.4. The van der Waals surface area contributed by atoms with E-state index in [4.69, 9.17) is 0 Å². The fraction of sp³-hybridized carbons (Fsp3) is 0.667. The molecule has 9 heteroatoms. The fourth-order valence-corrected chi connectivity index (χ4v) is 2.77. The molecule has 0 radical (unpaired) electrons. The Kier molecular flexibility index (Phi) is 5.53. The molecule has 1 heterocycles. The van der Waals surface area contributed by atoms with Crippen molar-refractivity contribution < 1.29 is 19.5 Å². The number of amides is 2. The topological polar surface area (TPSA) is 117 Å². The highest BCUT2D eigenvalue weighted by Gasteiger charge is 2.40. The first-order valence-electron chi connectivity index (χ1n) is 8.00. The number of hydrogen-bond donors (Lipinski definition) is 2. The lowest BCUT2D eigenvalue weighted by Crippen LogP contribution is -2.54. The second kappa shape index (κ2) is 7.41. The number of carboxylic acid groups (broad SMARTS) is 1. The van der Waals surface area contributed by atoms with E-state index in [1.54, 1.807) is 14.1 Å². The van der Waals surface area contributed by atoms with Crippen molar-refractivity contribution >= 4 is 17.8 Å². The predicted molar refractivity (Wildman–Crippen MR) is 84.3 cm³/mol. The van der Waals surface area contributed by atoms with E-state index >= 15 is 0 Å². The molecule has 0 atom stereocenters. The second-order valence-corrected chi connectivity index (χ2v) is 6.35. The van der Waals surface area contributed by atoms with Crippen LogP contribution in [0.15, 0.2) is 6.20 Å². The van der Waals surface area contributed by atoms with Gasteiger partial charge < -0.3 is 15.3 Å². The summed E-state index contributed by atoms with van der Waals surface area (Å²) in [5, 5.41) is 19.7. The first-order valence-corrected chi connectivity index (χ1v) is 8.00. The molecule has 0 bridgehead atoms. The molecule has 0 saturated heterocycles. The number of hydrogen-bond acceptors (Lipinski definition) is 5. The van der Waals surface area contributed by atoms with Crippen LogP contribution < -0.4 is 5.32 Å². The summed E-state index contributed by atoms with van der Waals surface area (Å²) in [6, 6.07) is 0. The van der Waals surface area contributed by atoms with E-state index in [0.29, 0.717) is 12.8 Å². The van der Waals surface area contributed by atoms with Crippen LogP contribution in [0.3, 0.4) is 0 Å². The van der Waals surface area contributed by atoms with Crippen molar-refractivity contribution in [3.63, 3.8) is 0 Å². The van der Waals surface area contributed by atoms with Gasteiger partial charge in [0.15, 0.2) is 5.69 Å². The average molecular weight is 337 g/mol. The van der Waals surface area contributed by atoms with Gasteiger partial charge >= 0.3 is 5.97 Å². The molecule has 0 spiro atoms. The predicted octanol–water partition coefficient (Wildman–Crippen LogP) is 0.274. The fourth-order valence-electron chi connectivity index (χ4n) is 2.77. The van der Waals surface area contributed by atoms with Crippen molar-refractivity contribution in [1.82, 2.24) is 25.2 Å². The molecule has 1 aromatic heterocycles. The molecule has 2 N–H and O–H groups in total. The van der Waals surface area contributed by atoms with E-state index in [1.165, 1.54) is 15.8 Å². The van der Waals surface area contributed by atoms with Crippen LogP contribution in [0.4, 0.5) is 0 Å². The number of aromatic nitrogens is 3. The monoisotopic (exact) mass is 337 g/mol. The quantitative estimate of drug-likeness (QED) is 0.745. The van der Waals surface area contributed by atoms with Crippen molar-refractivity contribution in [3.05, 3.63) is 11.9 Å². The minimum Gasteiger partial charge on any atom is -0.480 e. The normalized spacial score (nSPS) is 16.9. The molecular formula is C15H23N5O4. The maximum Gasteiger partial charge on any atom is 0.329 e. The van der Waals surface area contributed by atoms with E-state index in [9.17, 15) is 19.5 Å². The van der Waals surface area contributed by atoms with Crippen LogP contribution in [-0.2, 0) is 16.1 Å². The molecule has 0 aliphatic heterocycles. The summed E-state index contributed by atoms with van der Waals surface area (Å²) >= 11 is 0. The van der Waals surface area contributed by atoms with Gasteiger partial charge in [0, 0.05) is 14.1 Å². The molecule has 1 aliphatic carbocycles. The third-order valence-corrected chi connectivity index (χ3v) is 4.29. The number of carbonyl (C=O) groups is 3. The second-order valence-electron chi connectivity index (χ2n) is 6.35. The zero-order valence-corrected chi connectivity index (χ0v) is 14.0. The molecule has 1 aliphatic rings. The van der Waals surface area contributed by atoms with Crippen molar-refractivity contribution in [3.8, 4) is 0 Å². The van der Waals surface area contributed by atoms with Crippen LogP contribution >= 0.6 is 0 Å². The van der Waals surface area contributed by atoms with E-state index in [1.807, 2.05) is 0 Å². The highest BCUT2D eigenvalue weighted by Crippen LogP contribution is 2.27. The van der Waals surface area contributed by atoms with Crippen molar-refractivity contribution in [2.45, 2.75) is 50.6 Å². The summed E-state index contributed by atoms with van der Waals surface area (Å²) in [4.78, 5) is 37.2. The lowest BCUT2D eigenvalue weighted by molar-refractivity contribution is -0.145. The van der Waals surface area contributed by atoms with Gasteiger partial charge in [0.1, 0.15) is 12.1 Å². The molecule has 2 amide bonds. The van der Waals surface area contributed by atoms with E-state index in [0.717, 1.165) is 25.7 Å². The average Bonchev–Trinajstić information content (AvgIpc) is 2.85. The summed E-state index contributed by atoms with van der Waals surface area (Å²) in [6.45, 7) is -0.0304. The van der Waals surface area contributed by atoms with Crippen LogP contribution in [0.25, 0.3) is 0 Å². The van der Waals surface area contributed by atoms with Crippen LogP contribution in [-0.4, -0.2) is 62.4 Å². The Morgan fingerprint density at radius 2 is 1.88 bits per heavy atom.